The Bertz CT molecular complexity index is 676. The van der Waals surface area contributed by atoms with Crippen LogP contribution in [0.5, 0.6) is 5.75 Å². The van der Waals surface area contributed by atoms with Gasteiger partial charge in [0.2, 0.25) is 0 Å². The molecule has 2 atom stereocenters. The lowest BCUT2D eigenvalue weighted by Gasteiger charge is -2.19. The van der Waals surface area contributed by atoms with Gasteiger partial charge >= 0.3 is 11.9 Å². The Kier molecular flexibility index (Phi) is 12.8. The quantitative estimate of drug-likeness (QED) is 0.440. The fourth-order valence-electron chi connectivity index (χ4n) is 3.00. The molecule has 2 heterocycles. The van der Waals surface area contributed by atoms with Crippen LogP contribution in [0.3, 0.4) is 0 Å². The van der Waals surface area contributed by atoms with Crippen LogP contribution in [0.25, 0.3) is 0 Å². The van der Waals surface area contributed by atoms with E-state index < -0.39 is 24.1 Å². The van der Waals surface area contributed by atoms with Gasteiger partial charge in [-0.15, -0.1) is 0 Å². The van der Waals surface area contributed by atoms with Crippen LogP contribution in [0.1, 0.15) is 73.9 Å². The molecule has 0 fully saturated rings. The summed E-state index contributed by atoms with van der Waals surface area (Å²) in [4.78, 5) is 29.8. The number of rotatable bonds is 7. The highest BCUT2D eigenvalue weighted by atomic mass is 16.6. The number of hydrogen-bond donors (Lipinski definition) is 0. The van der Waals surface area contributed by atoms with Crippen LogP contribution in [-0.2, 0) is 23.7 Å². The normalized spacial score (nSPS) is 21.4. The molecule has 0 radical (unpaired) electrons. The number of cyclic esters (lactones) is 2. The highest BCUT2D eigenvalue weighted by molar-refractivity contribution is 5.92. The average molecular weight is 468 g/mol. The second kappa shape index (κ2) is 15.6. The molecule has 9 heteroatoms. The topological polar surface area (TPSA) is 102 Å². The van der Waals surface area contributed by atoms with Gasteiger partial charge in [0.25, 0.3) is 0 Å². The smallest absolute Gasteiger partial charge is 0.357 e. The largest absolute Gasteiger partial charge is 0.493 e. The van der Waals surface area contributed by atoms with E-state index in [-0.39, 0.29) is 24.6 Å². The number of fused-ring (bicyclic) bond motifs is 2. The van der Waals surface area contributed by atoms with Crippen molar-refractivity contribution < 1.29 is 38.0 Å². The van der Waals surface area contributed by atoms with Gasteiger partial charge in [-0.1, -0.05) is 33.6 Å². The first-order valence-corrected chi connectivity index (χ1v) is 11.9. The predicted octanol–water partition coefficient (Wildman–Crippen LogP) is 3.58. The van der Waals surface area contributed by atoms with E-state index in [4.69, 9.17) is 28.4 Å². The lowest BCUT2D eigenvalue weighted by Crippen LogP contribution is -2.27. The summed E-state index contributed by atoms with van der Waals surface area (Å²) in [6, 6.07) is 2.98. The van der Waals surface area contributed by atoms with E-state index in [1.807, 2.05) is 13.8 Å². The molecule has 33 heavy (non-hydrogen) atoms. The number of ether oxygens (including phenoxy) is 6. The van der Waals surface area contributed by atoms with Crippen molar-refractivity contribution >= 4 is 11.9 Å². The molecular weight excluding hydrogens is 430 g/mol. The van der Waals surface area contributed by atoms with E-state index >= 15 is 0 Å². The van der Waals surface area contributed by atoms with Gasteiger partial charge in [-0.2, -0.15) is 0 Å². The summed E-state index contributed by atoms with van der Waals surface area (Å²) < 4.78 is 33.5. The van der Waals surface area contributed by atoms with Crippen LogP contribution in [0.15, 0.2) is 12.1 Å². The fourth-order valence-corrected chi connectivity index (χ4v) is 3.00. The van der Waals surface area contributed by atoms with Gasteiger partial charge in [0.1, 0.15) is 18.0 Å². The lowest BCUT2D eigenvalue weighted by atomic mass is 10.2. The molecule has 0 aliphatic carbocycles. The van der Waals surface area contributed by atoms with Gasteiger partial charge in [-0.05, 0) is 19.3 Å². The van der Waals surface area contributed by atoms with E-state index in [2.05, 4.69) is 11.9 Å². The van der Waals surface area contributed by atoms with Gasteiger partial charge < -0.3 is 28.4 Å². The summed E-state index contributed by atoms with van der Waals surface area (Å²) >= 11 is 0. The molecule has 2 bridgehead atoms. The SMILES string of the molecule is CCCCCOc1cc2nc(c1)C(=O)OC(CC)COCCOCCOCC(CC)OC2=O. The van der Waals surface area contributed by atoms with E-state index in [9.17, 15) is 9.59 Å². The van der Waals surface area contributed by atoms with Crippen LogP contribution in [0.2, 0.25) is 0 Å². The number of nitrogens with zero attached hydrogens (tertiary/aromatic N) is 1. The van der Waals surface area contributed by atoms with Crippen molar-refractivity contribution in [2.75, 3.05) is 46.2 Å². The Hall–Kier alpha value is -2.23. The first-order valence-electron chi connectivity index (χ1n) is 11.9. The number of carbonyl (C=O) groups is 2. The fraction of sp³-hybridized carbons (Fsp3) is 0.708. The van der Waals surface area contributed by atoms with Gasteiger partial charge in [-0.3, -0.25) is 0 Å². The van der Waals surface area contributed by atoms with E-state index in [1.165, 1.54) is 12.1 Å². The van der Waals surface area contributed by atoms with Crippen molar-refractivity contribution in [3.05, 3.63) is 23.5 Å². The second-order valence-electron chi connectivity index (χ2n) is 7.76. The molecule has 0 aromatic carbocycles. The summed E-state index contributed by atoms with van der Waals surface area (Å²) in [5.41, 5.74) is -0.0238. The summed E-state index contributed by atoms with van der Waals surface area (Å²) in [5.74, 6) is -0.919. The molecular formula is C24H37NO8. The molecule has 186 valence electrons. The number of aromatic nitrogens is 1. The van der Waals surface area contributed by atoms with Crippen molar-refractivity contribution in [3.8, 4) is 5.75 Å². The summed E-state index contributed by atoms with van der Waals surface area (Å²) in [7, 11) is 0. The minimum absolute atomic E-state index is 0.0119. The van der Waals surface area contributed by atoms with Crippen LogP contribution in [-0.4, -0.2) is 75.4 Å². The van der Waals surface area contributed by atoms with Crippen molar-refractivity contribution in [1.29, 1.82) is 0 Å². The maximum absolute atomic E-state index is 12.8. The Labute approximate surface area is 196 Å². The zero-order valence-electron chi connectivity index (χ0n) is 20.0. The molecule has 2 unspecified atom stereocenters. The number of esters is 2. The second-order valence-corrected chi connectivity index (χ2v) is 7.76. The number of pyridine rings is 1. The van der Waals surface area contributed by atoms with Gasteiger partial charge in [-0.25, -0.2) is 14.6 Å². The Balaban J connectivity index is 2.24. The Morgan fingerprint density at radius 3 is 1.82 bits per heavy atom. The number of unbranched alkanes of at least 4 members (excludes halogenated alkanes) is 2. The van der Waals surface area contributed by atoms with Gasteiger partial charge in [0.05, 0.1) is 46.2 Å². The molecule has 2 rings (SSSR count). The van der Waals surface area contributed by atoms with E-state index in [0.717, 1.165) is 19.3 Å². The maximum Gasteiger partial charge on any atom is 0.357 e. The molecule has 1 aliphatic rings. The number of carbonyl (C=O) groups excluding carboxylic acids is 2. The number of hydrogen-bond acceptors (Lipinski definition) is 9. The zero-order chi connectivity index (χ0) is 23.9. The third-order valence-corrected chi connectivity index (χ3v) is 5.04. The van der Waals surface area contributed by atoms with E-state index in [0.29, 0.717) is 51.6 Å². The minimum atomic E-state index is -0.647. The standard InChI is InChI=1S/C24H37NO8/c1-4-7-8-9-31-20-14-21-23(26)32-18(5-2)16-29-12-10-28-11-13-30-17-19(6-3)33-24(27)22(15-20)25-21/h14-15,18-19H,4-13,16-17H2,1-3H3. The monoisotopic (exact) mass is 467 g/mol. The first kappa shape index (κ1) is 27.0. The van der Waals surface area contributed by atoms with Crippen molar-refractivity contribution in [3.63, 3.8) is 0 Å². The zero-order valence-corrected chi connectivity index (χ0v) is 20.0. The van der Waals surface area contributed by atoms with Crippen LogP contribution in [0, 0.1) is 0 Å². The summed E-state index contributed by atoms with van der Waals surface area (Å²) in [6.07, 6.45) is 3.19. The highest BCUT2D eigenvalue weighted by Gasteiger charge is 2.22. The molecule has 9 nitrogen and oxygen atoms in total. The summed E-state index contributed by atoms with van der Waals surface area (Å²) in [6.45, 7) is 8.42. The molecule has 0 saturated heterocycles. The molecule has 0 N–H and O–H groups in total. The third-order valence-electron chi connectivity index (χ3n) is 5.04. The molecule has 0 saturated carbocycles. The first-order chi connectivity index (χ1) is 16.1. The van der Waals surface area contributed by atoms with Crippen molar-refractivity contribution in [2.45, 2.75) is 65.1 Å². The maximum atomic E-state index is 12.8. The third kappa shape index (κ3) is 10.1. The predicted molar refractivity (Wildman–Crippen MR) is 121 cm³/mol. The van der Waals surface area contributed by atoms with Crippen molar-refractivity contribution in [1.82, 2.24) is 4.98 Å². The highest BCUT2D eigenvalue weighted by Crippen LogP contribution is 2.19. The minimum Gasteiger partial charge on any atom is -0.493 e. The average Bonchev–Trinajstić information content (AvgIpc) is 2.83. The molecule has 0 amide bonds. The van der Waals surface area contributed by atoms with Gasteiger partial charge in [0, 0.05) is 12.1 Å². The Morgan fingerprint density at radius 1 is 0.818 bits per heavy atom. The van der Waals surface area contributed by atoms with Gasteiger partial charge in [0.15, 0.2) is 11.4 Å². The van der Waals surface area contributed by atoms with E-state index in [1.54, 1.807) is 0 Å². The molecule has 1 aromatic rings. The lowest BCUT2D eigenvalue weighted by molar-refractivity contribution is -0.0357. The Morgan fingerprint density at radius 2 is 1.33 bits per heavy atom. The summed E-state index contributed by atoms with van der Waals surface area (Å²) in [5, 5.41) is 0. The van der Waals surface area contributed by atoms with Crippen LogP contribution < -0.4 is 4.74 Å². The van der Waals surface area contributed by atoms with Crippen LogP contribution >= 0.6 is 0 Å². The van der Waals surface area contributed by atoms with Crippen LogP contribution in [0.4, 0.5) is 0 Å². The molecule has 1 aromatic heterocycles. The van der Waals surface area contributed by atoms with Crippen molar-refractivity contribution in [2.24, 2.45) is 0 Å². The molecule has 0 spiro atoms. The molecule has 1 aliphatic heterocycles.